The molecule has 0 spiro atoms. The monoisotopic (exact) mass is 571 g/mol. The summed E-state index contributed by atoms with van der Waals surface area (Å²) in [6, 6.07) is 6.24. The molecule has 0 bridgehead atoms. The van der Waals surface area contributed by atoms with Crippen molar-refractivity contribution in [2.24, 2.45) is 5.41 Å². The van der Waals surface area contributed by atoms with Crippen molar-refractivity contribution < 1.29 is 27.2 Å². The zero-order valence-electron chi connectivity index (χ0n) is 24.0. The van der Waals surface area contributed by atoms with E-state index in [-0.39, 0.29) is 24.5 Å². The van der Waals surface area contributed by atoms with Crippen molar-refractivity contribution in [1.82, 2.24) is 14.7 Å². The lowest BCUT2D eigenvalue weighted by atomic mass is 9.76. The van der Waals surface area contributed by atoms with Gasteiger partial charge in [-0.3, -0.25) is 4.79 Å². The maximum atomic E-state index is 14.1. The highest BCUT2D eigenvalue weighted by molar-refractivity contribution is 5.87. The van der Waals surface area contributed by atoms with E-state index in [9.17, 15) is 27.2 Å². The van der Waals surface area contributed by atoms with Crippen LogP contribution in [0, 0.1) is 25.1 Å². The zero-order chi connectivity index (χ0) is 30.3. The third-order valence-electron chi connectivity index (χ3n) is 8.66. The first-order valence-electron chi connectivity index (χ1n) is 13.7. The van der Waals surface area contributed by atoms with Crippen LogP contribution < -0.4 is 0 Å². The molecule has 41 heavy (non-hydrogen) atoms. The number of piperazine rings is 1. The number of urea groups is 1. The minimum Gasteiger partial charge on any atom is -0.335 e. The van der Waals surface area contributed by atoms with Crippen LogP contribution in [-0.4, -0.2) is 52.8 Å². The van der Waals surface area contributed by atoms with E-state index in [0.717, 1.165) is 17.7 Å². The van der Waals surface area contributed by atoms with E-state index in [1.807, 2.05) is 4.90 Å². The second-order valence-corrected chi connectivity index (χ2v) is 11.4. The number of hydrogen-bond donors (Lipinski definition) is 0. The van der Waals surface area contributed by atoms with Gasteiger partial charge in [-0.1, -0.05) is 29.8 Å². The lowest BCUT2D eigenvalue weighted by Crippen LogP contribution is -2.57. The molecule has 0 aliphatic carbocycles. The van der Waals surface area contributed by atoms with Crippen LogP contribution >= 0.6 is 0 Å². The van der Waals surface area contributed by atoms with E-state index in [0.29, 0.717) is 42.5 Å². The summed E-state index contributed by atoms with van der Waals surface area (Å²) in [5.41, 5.74) is 0.699. The molecule has 2 aromatic carbocycles. The number of alkyl halides is 3. The largest absolute Gasteiger partial charge is 0.416 e. The highest BCUT2D eigenvalue weighted by Gasteiger charge is 2.56. The second kappa shape index (κ2) is 11.3. The highest BCUT2D eigenvalue weighted by atomic mass is 19.4. The summed E-state index contributed by atoms with van der Waals surface area (Å²) in [4.78, 5) is 32.9. The SMILES string of the molecule is C=CCC1(CC=C)CC2C(c3ccc(F)cc3C)N(C(=O)N(C)[C@H](C)c3cc(C)cc(C(F)(F)F)c3)CCN2C1=O. The number of amides is 3. The van der Waals surface area contributed by atoms with Crippen LogP contribution in [0.15, 0.2) is 61.7 Å². The Balaban J connectivity index is 1.74. The first kappa shape index (κ1) is 30.3. The number of nitrogens with zero attached hydrogens (tertiary/aromatic N) is 3. The van der Waals surface area contributed by atoms with Crippen molar-refractivity contribution in [3.05, 3.63) is 95.3 Å². The van der Waals surface area contributed by atoms with Gasteiger partial charge in [0, 0.05) is 20.1 Å². The topological polar surface area (TPSA) is 43.9 Å². The molecular formula is C32H37F4N3O2. The van der Waals surface area contributed by atoms with Crippen molar-refractivity contribution in [3.8, 4) is 0 Å². The molecule has 0 saturated carbocycles. The minimum atomic E-state index is -4.51. The summed E-state index contributed by atoms with van der Waals surface area (Å²) in [5, 5.41) is 0. The molecule has 0 N–H and O–H groups in total. The number of allylic oxidation sites excluding steroid dienone is 2. The molecule has 2 saturated heterocycles. The number of carbonyl (C=O) groups excluding carboxylic acids is 2. The quantitative estimate of drug-likeness (QED) is 0.257. The lowest BCUT2D eigenvalue weighted by molar-refractivity contribution is -0.139. The molecule has 2 unspecified atom stereocenters. The molecule has 3 atom stereocenters. The van der Waals surface area contributed by atoms with Gasteiger partial charge in [0.1, 0.15) is 5.82 Å². The third kappa shape index (κ3) is 5.63. The molecule has 2 aliphatic heterocycles. The number of hydrogen-bond acceptors (Lipinski definition) is 2. The summed E-state index contributed by atoms with van der Waals surface area (Å²) in [6.45, 7) is 13.3. The van der Waals surface area contributed by atoms with Crippen molar-refractivity contribution >= 4 is 11.9 Å². The standard InChI is InChI=1S/C32H37F4N3O2/c1-7-11-31(12-8-2)19-27-28(26-10-9-25(33)17-21(26)4)39(14-13-38(27)29(31)40)30(41)37(6)22(5)23-15-20(3)16-24(18-23)32(34,35)36/h7-10,15-18,22,27-28H,1-2,11-14,19H2,3-6H3/t22-,27?,28?/m1/s1. The van der Waals surface area contributed by atoms with E-state index in [2.05, 4.69) is 13.2 Å². The van der Waals surface area contributed by atoms with Gasteiger partial charge in [-0.15, -0.1) is 13.2 Å². The first-order valence-corrected chi connectivity index (χ1v) is 13.7. The number of carbonyl (C=O) groups is 2. The maximum Gasteiger partial charge on any atom is 0.416 e. The third-order valence-corrected chi connectivity index (χ3v) is 8.66. The Labute approximate surface area is 239 Å². The fraction of sp³-hybridized carbons (Fsp3) is 0.438. The van der Waals surface area contributed by atoms with Gasteiger partial charge in [0.25, 0.3) is 0 Å². The van der Waals surface area contributed by atoms with Gasteiger partial charge in [0.05, 0.1) is 29.1 Å². The summed E-state index contributed by atoms with van der Waals surface area (Å²) < 4.78 is 54.7. The fourth-order valence-corrected chi connectivity index (χ4v) is 6.51. The van der Waals surface area contributed by atoms with Gasteiger partial charge in [0.15, 0.2) is 0 Å². The van der Waals surface area contributed by atoms with E-state index in [1.54, 1.807) is 57.0 Å². The number of aryl methyl sites for hydroxylation is 2. The molecule has 2 aliphatic rings. The Morgan fingerprint density at radius 3 is 2.37 bits per heavy atom. The number of fused-ring (bicyclic) bond motifs is 1. The summed E-state index contributed by atoms with van der Waals surface area (Å²) in [5.74, 6) is -0.419. The van der Waals surface area contributed by atoms with Gasteiger partial charge in [-0.05, 0) is 81.0 Å². The van der Waals surface area contributed by atoms with Gasteiger partial charge < -0.3 is 14.7 Å². The summed E-state index contributed by atoms with van der Waals surface area (Å²) >= 11 is 0. The molecule has 3 amide bonds. The molecule has 2 fully saturated rings. The van der Waals surface area contributed by atoms with Gasteiger partial charge >= 0.3 is 12.2 Å². The van der Waals surface area contributed by atoms with Gasteiger partial charge in [-0.25, -0.2) is 9.18 Å². The normalized spacial score (nSPS) is 20.9. The molecule has 2 aromatic rings. The highest BCUT2D eigenvalue weighted by Crippen LogP contribution is 2.50. The summed E-state index contributed by atoms with van der Waals surface area (Å²) in [7, 11) is 1.57. The molecule has 0 aromatic heterocycles. The molecule has 220 valence electrons. The van der Waals surface area contributed by atoms with Crippen LogP contribution in [-0.2, 0) is 11.0 Å². The number of benzene rings is 2. The Kier molecular flexibility index (Phi) is 8.39. The predicted octanol–water partition coefficient (Wildman–Crippen LogP) is 7.37. The van der Waals surface area contributed by atoms with Crippen LogP contribution in [0.1, 0.15) is 66.1 Å². The van der Waals surface area contributed by atoms with Crippen molar-refractivity contribution in [2.45, 2.75) is 64.3 Å². The number of halogens is 4. The Morgan fingerprint density at radius 1 is 1.12 bits per heavy atom. The van der Waals surface area contributed by atoms with Crippen LogP contribution in [0.2, 0.25) is 0 Å². The van der Waals surface area contributed by atoms with Crippen molar-refractivity contribution in [3.63, 3.8) is 0 Å². The smallest absolute Gasteiger partial charge is 0.335 e. The minimum absolute atomic E-state index is 0.0136. The van der Waals surface area contributed by atoms with Crippen LogP contribution in [0.5, 0.6) is 0 Å². The van der Waals surface area contributed by atoms with Crippen molar-refractivity contribution in [2.75, 3.05) is 20.1 Å². The van der Waals surface area contributed by atoms with E-state index in [1.165, 1.54) is 17.0 Å². The number of rotatable bonds is 7. The molecule has 0 radical (unpaired) electrons. The Morgan fingerprint density at radius 2 is 1.78 bits per heavy atom. The zero-order valence-corrected chi connectivity index (χ0v) is 24.0. The van der Waals surface area contributed by atoms with Crippen LogP contribution in [0.3, 0.4) is 0 Å². The summed E-state index contributed by atoms with van der Waals surface area (Å²) in [6.07, 6.45) is 0.324. The maximum absolute atomic E-state index is 14.1. The predicted molar refractivity (Wildman–Crippen MR) is 151 cm³/mol. The molecule has 2 heterocycles. The van der Waals surface area contributed by atoms with Crippen LogP contribution in [0.25, 0.3) is 0 Å². The first-order chi connectivity index (χ1) is 19.2. The average molecular weight is 572 g/mol. The Bertz CT molecular complexity index is 1340. The second-order valence-electron chi connectivity index (χ2n) is 11.4. The van der Waals surface area contributed by atoms with Gasteiger partial charge in [0.2, 0.25) is 5.91 Å². The fourth-order valence-electron chi connectivity index (χ4n) is 6.51. The average Bonchev–Trinajstić information content (AvgIpc) is 3.18. The molecular weight excluding hydrogens is 534 g/mol. The Hall–Kier alpha value is -3.62. The van der Waals surface area contributed by atoms with Crippen molar-refractivity contribution in [1.29, 1.82) is 0 Å². The van der Waals surface area contributed by atoms with E-state index in [4.69, 9.17) is 0 Å². The van der Waals surface area contributed by atoms with Gasteiger partial charge in [-0.2, -0.15) is 13.2 Å². The van der Waals surface area contributed by atoms with Crippen LogP contribution in [0.4, 0.5) is 22.4 Å². The van der Waals surface area contributed by atoms with E-state index < -0.39 is 35.1 Å². The molecule has 5 nitrogen and oxygen atoms in total. The molecule has 4 rings (SSSR count). The van der Waals surface area contributed by atoms with E-state index >= 15 is 0 Å². The lowest BCUT2D eigenvalue weighted by Gasteiger charge is -2.47. The molecule has 9 heteroatoms.